The highest BCUT2D eigenvalue weighted by Gasteiger charge is 2.23. The van der Waals surface area contributed by atoms with Crippen molar-refractivity contribution in [2.75, 3.05) is 18.0 Å². The molecule has 6 heteroatoms. The Morgan fingerprint density at radius 1 is 1.13 bits per heavy atom. The first kappa shape index (κ1) is 20.3. The number of benzene rings is 1. The van der Waals surface area contributed by atoms with E-state index in [1.807, 2.05) is 11.5 Å². The number of hydrogen-bond acceptors (Lipinski definition) is 5. The number of anilines is 1. The number of hydrogen-bond donors (Lipinski definition) is 0. The van der Waals surface area contributed by atoms with Crippen molar-refractivity contribution in [3.63, 3.8) is 0 Å². The third-order valence-corrected chi connectivity index (χ3v) is 7.14. The van der Waals surface area contributed by atoms with Gasteiger partial charge in [-0.15, -0.1) is 0 Å². The average molecular weight is 421 g/mol. The molecule has 0 atom stereocenters. The van der Waals surface area contributed by atoms with Gasteiger partial charge in [0.05, 0.1) is 5.39 Å². The molecule has 164 valence electrons. The second-order valence-corrected chi connectivity index (χ2v) is 9.33. The van der Waals surface area contributed by atoms with Crippen LogP contribution in [0.25, 0.3) is 11.0 Å². The van der Waals surface area contributed by atoms with Crippen LogP contribution in [0.1, 0.15) is 61.2 Å². The van der Waals surface area contributed by atoms with Crippen molar-refractivity contribution in [3.05, 3.63) is 51.2 Å². The summed E-state index contributed by atoms with van der Waals surface area (Å²) in [7, 11) is 0. The zero-order chi connectivity index (χ0) is 21.4. The molecule has 2 aliphatic rings. The van der Waals surface area contributed by atoms with Gasteiger partial charge in [0.25, 0.3) is 5.56 Å². The topological polar surface area (TPSA) is 64.2 Å². The number of piperidine rings is 1. The van der Waals surface area contributed by atoms with Crippen LogP contribution in [-0.4, -0.2) is 27.8 Å². The summed E-state index contributed by atoms with van der Waals surface area (Å²) in [6.45, 7) is 6.95. The molecular formula is C25H32N4O2. The number of rotatable bonds is 5. The largest absolute Gasteiger partial charge is 0.354 e. The predicted octanol–water partition coefficient (Wildman–Crippen LogP) is 4.58. The second kappa shape index (κ2) is 8.48. The van der Waals surface area contributed by atoms with Crippen LogP contribution < -0.4 is 10.5 Å². The molecule has 6 nitrogen and oxygen atoms in total. The maximum absolute atomic E-state index is 12.9. The average Bonchev–Trinajstić information content (AvgIpc) is 3.19. The Bertz CT molecular complexity index is 1140. The van der Waals surface area contributed by atoms with Crippen LogP contribution in [0.15, 0.2) is 27.5 Å². The molecule has 4 heterocycles. The summed E-state index contributed by atoms with van der Waals surface area (Å²) < 4.78 is 7.48. The molecule has 2 aliphatic heterocycles. The van der Waals surface area contributed by atoms with Crippen molar-refractivity contribution in [1.29, 1.82) is 0 Å². The highest BCUT2D eigenvalue weighted by atomic mass is 16.5. The van der Waals surface area contributed by atoms with Gasteiger partial charge in [0, 0.05) is 37.3 Å². The van der Waals surface area contributed by atoms with Crippen LogP contribution >= 0.6 is 0 Å². The Balaban J connectivity index is 1.17. The van der Waals surface area contributed by atoms with Crippen LogP contribution in [0.4, 0.5) is 5.82 Å². The molecule has 0 radical (unpaired) electrons. The molecule has 1 aromatic carbocycles. The first-order chi connectivity index (χ1) is 15.1. The molecule has 0 unspecified atom stereocenters. The fourth-order valence-electron chi connectivity index (χ4n) is 5.28. The Labute approximate surface area is 183 Å². The standard InChI is InChI=1S/C25H32N4O2/c1-17-9-10-21-22(16-17)31-27-24(21)28-14-11-19(12-15-28)6-5-7-20-18(2)26-23-8-3-4-13-29(23)25(20)30/h9-10,16,19H,3-8,11-15H2,1-2H3. The summed E-state index contributed by atoms with van der Waals surface area (Å²) in [5, 5.41) is 5.46. The zero-order valence-corrected chi connectivity index (χ0v) is 18.7. The van der Waals surface area contributed by atoms with E-state index in [2.05, 4.69) is 35.2 Å². The van der Waals surface area contributed by atoms with Crippen LogP contribution in [0.2, 0.25) is 0 Å². The summed E-state index contributed by atoms with van der Waals surface area (Å²) in [6.07, 6.45) is 8.60. The minimum atomic E-state index is 0.213. The Morgan fingerprint density at radius 3 is 2.81 bits per heavy atom. The summed E-state index contributed by atoms with van der Waals surface area (Å²) in [6, 6.07) is 6.30. The molecule has 3 aromatic rings. The molecule has 0 N–H and O–H groups in total. The molecule has 0 spiro atoms. The van der Waals surface area contributed by atoms with Gasteiger partial charge in [-0.1, -0.05) is 11.2 Å². The lowest BCUT2D eigenvalue weighted by Gasteiger charge is -2.32. The van der Waals surface area contributed by atoms with Crippen LogP contribution in [-0.2, 0) is 19.4 Å². The van der Waals surface area contributed by atoms with Gasteiger partial charge in [-0.25, -0.2) is 4.98 Å². The van der Waals surface area contributed by atoms with E-state index in [9.17, 15) is 4.79 Å². The smallest absolute Gasteiger partial charge is 0.256 e. The maximum Gasteiger partial charge on any atom is 0.256 e. The van der Waals surface area contributed by atoms with E-state index in [1.165, 1.54) is 24.8 Å². The molecule has 0 saturated carbocycles. The van der Waals surface area contributed by atoms with Gasteiger partial charge in [-0.2, -0.15) is 0 Å². The monoisotopic (exact) mass is 420 g/mol. The summed E-state index contributed by atoms with van der Waals surface area (Å²) >= 11 is 0. The molecule has 0 aliphatic carbocycles. The third kappa shape index (κ3) is 4.00. The maximum atomic E-state index is 12.9. The zero-order valence-electron chi connectivity index (χ0n) is 18.7. The van der Waals surface area contributed by atoms with Crippen molar-refractivity contribution < 1.29 is 4.52 Å². The van der Waals surface area contributed by atoms with Gasteiger partial charge in [0.15, 0.2) is 11.4 Å². The quantitative estimate of drug-likeness (QED) is 0.605. The molecule has 5 rings (SSSR count). The van der Waals surface area contributed by atoms with E-state index in [0.717, 1.165) is 85.6 Å². The van der Waals surface area contributed by atoms with Crippen LogP contribution in [0.3, 0.4) is 0 Å². The number of aryl methyl sites for hydroxylation is 3. The molecule has 0 amide bonds. The fourth-order valence-corrected chi connectivity index (χ4v) is 5.28. The number of fused-ring (bicyclic) bond motifs is 2. The van der Waals surface area contributed by atoms with Gasteiger partial charge in [0.1, 0.15) is 5.82 Å². The minimum Gasteiger partial charge on any atom is -0.354 e. The lowest BCUT2D eigenvalue weighted by atomic mass is 9.90. The van der Waals surface area contributed by atoms with Gasteiger partial charge >= 0.3 is 0 Å². The lowest BCUT2D eigenvalue weighted by Crippen LogP contribution is -2.34. The highest BCUT2D eigenvalue weighted by molar-refractivity contribution is 5.89. The normalized spacial score (nSPS) is 17.3. The van der Waals surface area contributed by atoms with E-state index >= 15 is 0 Å². The minimum absolute atomic E-state index is 0.213. The van der Waals surface area contributed by atoms with Crippen LogP contribution in [0, 0.1) is 19.8 Å². The highest BCUT2D eigenvalue weighted by Crippen LogP contribution is 2.31. The summed E-state index contributed by atoms with van der Waals surface area (Å²) in [5.41, 5.74) is 4.16. The van der Waals surface area contributed by atoms with Crippen molar-refractivity contribution in [2.24, 2.45) is 5.92 Å². The Hall–Kier alpha value is -2.63. The molecule has 1 fully saturated rings. The summed E-state index contributed by atoms with van der Waals surface area (Å²) in [5.74, 6) is 2.68. The predicted molar refractivity (Wildman–Crippen MR) is 123 cm³/mol. The molecular weight excluding hydrogens is 388 g/mol. The molecule has 0 bridgehead atoms. The molecule has 2 aromatic heterocycles. The molecule has 1 saturated heterocycles. The van der Waals surface area contributed by atoms with Gasteiger partial charge in [-0.3, -0.25) is 9.36 Å². The van der Waals surface area contributed by atoms with E-state index < -0.39 is 0 Å². The third-order valence-electron chi connectivity index (χ3n) is 7.14. The molecule has 31 heavy (non-hydrogen) atoms. The summed E-state index contributed by atoms with van der Waals surface area (Å²) in [4.78, 5) is 20.0. The van der Waals surface area contributed by atoms with Crippen molar-refractivity contribution >= 4 is 16.8 Å². The Kier molecular flexibility index (Phi) is 5.55. The fraction of sp³-hybridized carbons (Fsp3) is 0.560. The van der Waals surface area contributed by atoms with E-state index in [1.54, 1.807) is 0 Å². The van der Waals surface area contributed by atoms with Gasteiger partial charge in [-0.05, 0) is 82.4 Å². The van der Waals surface area contributed by atoms with Crippen molar-refractivity contribution in [2.45, 2.75) is 71.8 Å². The van der Waals surface area contributed by atoms with Gasteiger partial charge < -0.3 is 9.42 Å². The van der Waals surface area contributed by atoms with E-state index in [0.29, 0.717) is 5.92 Å². The first-order valence-corrected chi connectivity index (χ1v) is 11.8. The SMILES string of the molecule is Cc1ccc2c(N3CCC(CCCc4c(C)nc5n(c4=O)CCCC5)CC3)noc2c1. The lowest BCUT2D eigenvalue weighted by molar-refractivity contribution is 0.367. The Morgan fingerprint density at radius 2 is 1.97 bits per heavy atom. The van der Waals surface area contributed by atoms with E-state index in [4.69, 9.17) is 9.51 Å². The first-order valence-electron chi connectivity index (χ1n) is 11.8. The van der Waals surface area contributed by atoms with Gasteiger partial charge in [0.2, 0.25) is 0 Å². The van der Waals surface area contributed by atoms with E-state index in [-0.39, 0.29) is 5.56 Å². The number of aromatic nitrogens is 3. The number of nitrogens with zero attached hydrogens (tertiary/aromatic N) is 4. The van der Waals surface area contributed by atoms with Crippen molar-refractivity contribution in [3.8, 4) is 0 Å². The van der Waals surface area contributed by atoms with Crippen molar-refractivity contribution in [1.82, 2.24) is 14.7 Å². The second-order valence-electron chi connectivity index (χ2n) is 9.33. The van der Waals surface area contributed by atoms with Crippen LogP contribution in [0.5, 0.6) is 0 Å².